The highest BCUT2D eigenvalue weighted by molar-refractivity contribution is 7.92. The molecule has 0 heterocycles. The first-order valence-electron chi connectivity index (χ1n) is 6.34. The summed E-state index contributed by atoms with van der Waals surface area (Å²) in [6, 6.07) is 5.88. The molecule has 0 aliphatic carbocycles. The number of hydrogen-bond acceptors (Lipinski definition) is 3. The predicted octanol–water partition coefficient (Wildman–Crippen LogP) is 2.30. The van der Waals surface area contributed by atoms with Gasteiger partial charge in [0.15, 0.2) is 9.84 Å². The number of sulfone groups is 1. The van der Waals surface area contributed by atoms with E-state index in [0.717, 1.165) is 5.56 Å². The van der Waals surface area contributed by atoms with Crippen LogP contribution in [0.15, 0.2) is 24.3 Å². The molecule has 0 radical (unpaired) electrons. The van der Waals surface area contributed by atoms with Crippen LogP contribution in [0.5, 0.6) is 0 Å². The maximum absolute atomic E-state index is 12.7. The van der Waals surface area contributed by atoms with Gasteiger partial charge in [-0.15, -0.1) is 0 Å². The minimum absolute atomic E-state index is 0.0822. The monoisotopic (exact) mass is 287 g/mol. The van der Waals surface area contributed by atoms with Crippen molar-refractivity contribution in [3.8, 4) is 0 Å². The molecule has 1 atom stereocenters. The van der Waals surface area contributed by atoms with Gasteiger partial charge in [0.2, 0.25) is 0 Å². The first-order valence-corrected chi connectivity index (χ1v) is 7.99. The fraction of sp³-hybridized carbons (Fsp3) is 0.571. The second-order valence-corrected chi connectivity index (χ2v) is 8.67. The van der Waals surface area contributed by atoms with Crippen molar-refractivity contribution >= 4 is 9.84 Å². The molecule has 0 aromatic heterocycles. The van der Waals surface area contributed by atoms with Gasteiger partial charge >= 0.3 is 0 Å². The maximum atomic E-state index is 12.7. The summed E-state index contributed by atoms with van der Waals surface area (Å²) < 4.78 is 35.9. The van der Waals surface area contributed by atoms with Crippen molar-refractivity contribution in [2.24, 2.45) is 5.73 Å². The van der Waals surface area contributed by atoms with E-state index in [9.17, 15) is 12.8 Å². The molecule has 108 valence electrons. The molecular weight excluding hydrogens is 265 g/mol. The van der Waals surface area contributed by atoms with Gasteiger partial charge in [0.05, 0.1) is 10.5 Å². The fourth-order valence-electron chi connectivity index (χ4n) is 1.64. The molecule has 0 aliphatic rings. The van der Waals surface area contributed by atoms with Crippen molar-refractivity contribution in [1.82, 2.24) is 0 Å². The second kappa shape index (κ2) is 6.01. The van der Waals surface area contributed by atoms with E-state index in [1.54, 1.807) is 32.9 Å². The highest BCUT2D eigenvalue weighted by atomic mass is 32.2. The summed E-state index contributed by atoms with van der Waals surface area (Å²) in [4.78, 5) is 0. The summed E-state index contributed by atoms with van der Waals surface area (Å²) in [7, 11) is -3.13. The summed E-state index contributed by atoms with van der Waals surface area (Å²) >= 11 is 0. The lowest BCUT2D eigenvalue weighted by atomic mass is 10.1. The second-order valence-electron chi connectivity index (χ2n) is 5.81. The molecule has 0 fully saturated rings. The molecule has 1 aromatic rings. The Morgan fingerprint density at radius 1 is 1.21 bits per heavy atom. The Kier molecular flexibility index (Phi) is 5.10. The molecule has 1 aromatic carbocycles. The van der Waals surface area contributed by atoms with Crippen LogP contribution in [-0.2, 0) is 16.3 Å². The Balaban J connectivity index is 2.53. The third-order valence-corrected chi connectivity index (χ3v) is 5.74. The lowest BCUT2D eigenvalue weighted by molar-refractivity contribution is 0.549. The minimum Gasteiger partial charge on any atom is -0.327 e. The van der Waals surface area contributed by atoms with Gasteiger partial charge in [-0.1, -0.05) is 12.1 Å². The SMILES string of the molecule is CC(C)(C)S(=O)(=O)CCC(N)Cc1ccc(F)cc1. The van der Waals surface area contributed by atoms with E-state index >= 15 is 0 Å². The Labute approximate surface area is 114 Å². The lowest BCUT2D eigenvalue weighted by Crippen LogP contribution is -2.34. The van der Waals surface area contributed by atoms with Crippen LogP contribution in [0.4, 0.5) is 4.39 Å². The average molecular weight is 287 g/mol. The van der Waals surface area contributed by atoms with Crippen molar-refractivity contribution in [3.05, 3.63) is 35.6 Å². The van der Waals surface area contributed by atoms with E-state index in [2.05, 4.69) is 0 Å². The molecule has 0 spiro atoms. The van der Waals surface area contributed by atoms with Crippen molar-refractivity contribution in [3.63, 3.8) is 0 Å². The van der Waals surface area contributed by atoms with Crippen molar-refractivity contribution in [1.29, 1.82) is 0 Å². The Bertz CT molecular complexity index is 503. The first-order chi connectivity index (χ1) is 8.62. The van der Waals surface area contributed by atoms with E-state index in [4.69, 9.17) is 5.73 Å². The van der Waals surface area contributed by atoms with Crippen LogP contribution in [0.2, 0.25) is 0 Å². The van der Waals surface area contributed by atoms with Gasteiger partial charge in [0, 0.05) is 6.04 Å². The van der Waals surface area contributed by atoms with E-state index in [-0.39, 0.29) is 17.6 Å². The first kappa shape index (κ1) is 16.1. The largest absolute Gasteiger partial charge is 0.327 e. The summed E-state index contributed by atoms with van der Waals surface area (Å²) in [5, 5.41) is 0. The molecule has 0 aliphatic heterocycles. The molecule has 1 unspecified atom stereocenters. The van der Waals surface area contributed by atoms with Gasteiger partial charge in [0.1, 0.15) is 5.82 Å². The fourth-order valence-corrected chi connectivity index (χ4v) is 2.86. The quantitative estimate of drug-likeness (QED) is 0.904. The van der Waals surface area contributed by atoms with E-state index in [1.807, 2.05) is 0 Å². The zero-order valence-electron chi connectivity index (χ0n) is 11.7. The van der Waals surface area contributed by atoms with Crippen LogP contribution in [-0.4, -0.2) is 25.0 Å². The van der Waals surface area contributed by atoms with Gasteiger partial charge in [-0.2, -0.15) is 0 Å². The van der Waals surface area contributed by atoms with Crippen LogP contribution in [0, 0.1) is 5.82 Å². The zero-order valence-corrected chi connectivity index (χ0v) is 12.5. The van der Waals surface area contributed by atoms with Gasteiger partial charge in [-0.25, -0.2) is 12.8 Å². The van der Waals surface area contributed by atoms with Crippen LogP contribution < -0.4 is 5.73 Å². The van der Waals surface area contributed by atoms with Gasteiger partial charge in [-0.3, -0.25) is 0 Å². The number of rotatable bonds is 5. The smallest absolute Gasteiger partial charge is 0.155 e. The van der Waals surface area contributed by atoms with Crippen molar-refractivity contribution in [2.45, 2.75) is 44.4 Å². The molecule has 1 rings (SSSR count). The topological polar surface area (TPSA) is 60.2 Å². The van der Waals surface area contributed by atoms with Gasteiger partial charge in [0.25, 0.3) is 0 Å². The molecule has 0 amide bonds. The molecule has 0 bridgehead atoms. The zero-order chi connectivity index (χ0) is 14.7. The number of halogens is 1. The Morgan fingerprint density at radius 3 is 2.21 bits per heavy atom. The van der Waals surface area contributed by atoms with E-state index in [0.29, 0.717) is 12.8 Å². The van der Waals surface area contributed by atoms with Crippen LogP contribution in [0.3, 0.4) is 0 Å². The molecule has 19 heavy (non-hydrogen) atoms. The number of hydrogen-bond donors (Lipinski definition) is 1. The van der Waals surface area contributed by atoms with E-state index < -0.39 is 14.6 Å². The number of benzene rings is 1. The molecule has 2 N–H and O–H groups in total. The number of nitrogens with two attached hydrogens (primary N) is 1. The van der Waals surface area contributed by atoms with Crippen LogP contribution in [0.25, 0.3) is 0 Å². The molecule has 0 saturated carbocycles. The standard InChI is InChI=1S/C14H22FNO2S/c1-14(2,3)19(17,18)9-8-13(16)10-11-4-6-12(15)7-5-11/h4-7,13H,8-10,16H2,1-3H3. The van der Waals surface area contributed by atoms with Crippen LogP contribution >= 0.6 is 0 Å². The van der Waals surface area contributed by atoms with Crippen molar-refractivity contribution in [2.75, 3.05) is 5.75 Å². The van der Waals surface area contributed by atoms with Gasteiger partial charge in [-0.05, 0) is 51.3 Å². The molecule has 0 saturated heterocycles. The molecule has 5 heteroatoms. The third kappa shape index (κ3) is 4.91. The van der Waals surface area contributed by atoms with Crippen molar-refractivity contribution < 1.29 is 12.8 Å². The normalized spacial score (nSPS) is 14.4. The third-order valence-electron chi connectivity index (χ3n) is 3.10. The lowest BCUT2D eigenvalue weighted by Gasteiger charge is -2.20. The summed E-state index contributed by atoms with van der Waals surface area (Å²) in [6.45, 7) is 5.06. The summed E-state index contributed by atoms with van der Waals surface area (Å²) in [6.07, 6.45) is 0.969. The van der Waals surface area contributed by atoms with Crippen LogP contribution in [0.1, 0.15) is 32.8 Å². The predicted molar refractivity (Wildman–Crippen MR) is 76.2 cm³/mol. The Hall–Kier alpha value is -0.940. The summed E-state index contributed by atoms with van der Waals surface area (Å²) in [5.74, 6) is -0.202. The highest BCUT2D eigenvalue weighted by Crippen LogP contribution is 2.17. The van der Waals surface area contributed by atoms with E-state index in [1.165, 1.54) is 12.1 Å². The van der Waals surface area contributed by atoms with Gasteiger partial charge < -0.3 is 5.73 Å². The highest BCUT2D eigenvalue weighted by Gasteiger charge is 2.28. The summed E-state index contributed by atoms with van der Waals surface area (Å²) in [5.41, 5.74) is 6.85. The minimum atomic E-state index is -3.13. The maximum Gasteiger partial charge on any atom is 0.155 e. The Morgan fingerprint density at radius 2 is 1.74 bits per heavy atom. The molecular formula is C14H22FNO2S. The molecule has 3 nitrogen and oxygen atoms in total. The average Bonchev–Trinajstić information content (AvgIpc) is 2.28.